The third-order valence-corrected chi connectivity index (χ3v) is 3.54. The lowest BCUT2D eigenvalue weighted by molar-refractivity contribution is -0.137. The van der Waals surface area contributed by atoms with E-state index in [2.05, 4.69) is 0 Å². The number of rotatable bonds is 12. The molecule has 0 aromatic rings. The van der Waals surface area contributed by atoms with E-state index in [9.17, 15) is 9.90 Å². The lowest BCUT2D eigenvalue weighted by Gasteiger charge is -1.95. The molecule has 0 bridgehead atoms. The number of carboxylic acid groups (broad SMARTS) is 1. The first-order valence-corrected chi connectivity index (χ1v) is 8.52. The lowest BCUT2D eigenvalue weighted by Crippen LogP contribution is -1.97. The van der Waals surface area contributed by atoms with E-state index in [1.54, 1.807) is 6.08 Å². The molecule has 0 saturated carbocycles. The molecule has 1 saturated heterocycles. The number of ether oxygens (including phenoxy) is 1. The van der Waals surface area contributed by atoms with Gasteiger partial charge in [0.1, 0.15) is 6.10 Å². The van der Waals surface area contributed by atoms with Gasteiger partial charge in [-0.3, -0.25) is 4.79 Å². The lowest BCUT2D eigenvalue weighted by atomic mass is 10.1. The van der Waals surface area contributed by atoms with Gasteiger partial charge in [0.25, 0.3) is 0 Å². The SMILES string of the molecule is CCC(O)C=CC=CCC=CC=CC=CC1OC1CCCC(=O)O. The van der Waals surface area contributed by atoms with E-state index in [1.165, 1.54) is 0 Å². The fraction of sp³-hybridized carbons (Fsp3) is 0.450. The molecule has 0 aliphatic carbocycles. The molecule has 0 radical (unpaired) electrons. The highest BCUT2D eigenvalue weighted by atomic mass is 16.6. The van der Waals surface area contributed by atoms with E-state index in [0.29, 0.717) is 6.42 Å². The van der Waals surface area contributed by atoms with Crippen molar-refractivity contribution in [3.8, 4) is 0 Å². The van der Waals surface area contributed by atoms with Crippen LogP contribution in [0.4, 0.5) is 0 Å². The Hall–Kier alpha value is -1.91. The van der Waals surface area contributed by atoms with E-state index < -0.39 is 5.97 Å². The summed E-state index contributed by atoms with van der Waals surface area (Å²) < 4.78 is 5.44. The van der Waals surface area contributed by atoms with Crippen LogP contribution in [0.25, 0.3) is 0 Å². The standard InChI is InChI=1S/C20H28O4/c1-2-17(21)13-10-8-6-4-3-5-7-9-11-14-18-19(24-18)15-12-16-20(22)23/h3,5-11,13-14,17-19,21H,2,4,12,15-16H2,1H3,(H,22,23). The number of hydrogen-bond donors (Lipinski definition) is 2. The van der Waals surface area contributed by atoms with Gasteiger partial charge in [0.05, 0.1) is 12.2 Å². The number of aliphatic carboxylic acids is 1. The normalized spacial score (nSPS) is 22.6. The Kier molecular flexibility index (Phi) is 10.5. The summed E-state index contributed by atoms with van der Waals surface area (Å²) >= 11 is 0. The van der Waals surface area contributed by atoms with Crippen LogP contribution >= 0.6 is 0 Å². The first kappa shape index (κ1) is 20.1. The summed E-state index contributed by atoms with van der Waals surface area (Å²) in [5.41, 5.74) is 0. The van der Waals surface area contributed by atoms with Gasteiger partial charge in [0.2, 0.25) is 0 Å². The summed E-state index contributed by atoms with van der Waals surface area (Å²) in [5, 5.41) is 17.9. The Labute approximate surface area is 144 Å². The number of carbonyl (C=O) groups is 1. The van der Waals surface area contributed by atoms with Gasteiger partial charge >= 0.3 is 5.97 Å². The molecule has 3 atom stereocenters. The first-order chi connectivity index (χ1) is 11.6. The van der Waals surface area contributed by atoms with Crippen LogP contribution in [0.3, 0.4) is 0 Å². The molecule has 0 aromatic heterocycles. The number of carboxylic acids is 1. The molecule has 0 amide bonds. The number of allylic oxidation sites excluding steroid dienone is 8. The number of epoxide rings is 1. The molecule has 0 aromatic carbocycles. The Morgan fingerprint density at radius 2 is 1.83 bits per heavy atom. The van der Waals surface area contributed by atoms with Gasteiger partial charge in [-0.05, 0) is 25.7 Å². The average molecular weight is 332 g/mol. The summed E-state index contributed by atoms with van der Waals surface area (Å²) in [4.78, 5) is 10.4. The van der Waals surface area contributed by atoms with Crippen LogP contribution in [-0.4, -0.2) is 34.5 Å². The molecule has 1 heterocycles. The molecule has 4 nitrogen and oxygen atoms in total. The second kappa shape index (κ2) is 12.5. The largest absolute Gasteiger partial charge is 0.481 e. The molecule has 1 fully saturated rings. The van der Waals surface area contributed by atoms with Crippen LogP contribution in [-0.2, 0) is 9.53 Å². The van der Waals surface area contributed by atoms with E-state index in [-0.39, 0.29) is 24.7 Å². The third-order valence-electron chi connectivity index (χ3n) is 3.54. The fourth-order valence-corrected chi connectivity index (χ4v) is 2.04. The van der Waals surface area contributed by atoms with Crippen molar-refractivity contribution in [2.75, 3.05) is 0 Å². The predicted molar refractivity (Wildman–Crippen MR) is 96.8 cm³/mol. The molecule has 1 aliphatic heterocycles. The highest BCUT2D eigenvalue weighted by Crippen LogP contribution is 2.28. The zero-order chi connectivity index (χ0) is 17.6. The second-order valence-corrected chi connectivity index (χ2v) is 5.65. The average Bonchev–Trinajstić information content (AvgIpc) is 3.30. The van der Waals surface area contributed by atoms with Gasteiger partial charge in [-0.25, -0.2) is 0 Å². The van der Waals surface area contributed by atoms with Gasteiger partial charge in [-0.15, -0.1) is 0 Å². The summed E-state index contributed by atoms with van der Waals surface area (Å²) in [6.45, 7) is 1.94. The zero-order valence-corrected chi connectivity index (χ0v) is 14.3. The summed E-state index contributed by atoms with van der Waals surface area (Å²) in [5.74, 6) is -0.748. The predicted octanol–water partition coefficient (Wildman–Crippen LogP) is 3.95. The van der Waals surface area contributed by atoms with Crippen LogP contribution in [0.2, 0.25) is 0 Å². The Morgan fingerprint density at radius 1 is 1.12 bits per heavy atom. The van der Waals surface area contributed by atoms with Gasteiger partial charge in [-0.2, -0.15) is 0 Å². The maximum Gasteiger partial charge on any atom is 0.303 e. The molecule has 4 heteroatoms. The van der Waals surface area contributed by atoms with Gasteiger partial charge < -0.3 is 14.9 Å². The molecular weight excluding hydrogens is 304 g/mol. The third kappa shape index (κ3) is 10.8. The molecular formula is C20H28O4. The van der Waals surface area contributed by atoms with E-state index in [1.807, 2.05) is 61.6 Å². The molecule has 2 N–H and O–H groups in total. The van der Waals surface area contributed by atoms with Crippen LogP contribution in [0, 0.1) is 0 Å². The van der Waals surface area contributed by atoms with Crippen LogP contribution in [0.15, 0.2) is 60.8 Å². The van der Waals surface area contributed by atoms with Crippen molar-refractivity contribution in [3.05, 3.63) is 60.8 Å². The Balaban J connectivity index is 2.06. The Morgan fingerprint density at radius 3 is 2.54 bits per heavy atom. The van der Waals surface area contributed by atoms with Crippen molar-refractivity contribution in [3.63, 3.8) is 0 Å². The monoisotopic (exact) mass is 332 g/mol. The molecule has 1 aliphatic rings. The van der Waals surface area contributed by atoms with Crippen molar-refractivity contribution in [1.82, 2.24) is 0 Å². The smallest absolute Gasteiger partial charge is 0.303 e. The quantitative estimate of drug-likeness (QED) is 0.419. The van der Waals surface area contributed by atoms with E-state index in [0.717, 1.165) is 19.3 Å². The second-order valence-electron chi connectivity index (χ2n) is 5.65. The van der Waals surface area contributed by atoms with Crippen molar-refractivity contribution in [2.45, 2.75) is 57.3 Å². The number of aliphatic hydroxyl groups excluding tert-OH is 1. The van der Waals surface area contributed by atoms with Crippen LogP contribution < -0.4 is 0 Å². The minimum atomic E-state index is -0.748. The number of aliphatic hydroxyl groups is 1. The molecule has 0 spiro atoms. The highest BCUT2D eigenvalue weighted by Gasteiger charge is 2.35. The maximum atomic E-state index is 10.4. The highest BCUT2D eigenvalue weighted by molar-refractivity contribution is 5.66. The maximum absolute atomic E-state index is 10.4. The van der Waals surface area contributed by atoms with Crippen molar-refractivity contribution < 1.29 is 19.7 Å². The minimum absolute atomic E-state index is 0.139. The molecule has 1 rings (SSSR count). The summed E-state index contributed by atoms with van der Waals surface area (Å²) in [6.07, 6.45) is 22.7. The summed E-state index contributed by atoms with van der Waals surface area (Å²) in [6, 6.07) is 0. The van der Waals surface area contributed by atoms with Gasteiger partial charge in [0.15, 0.2) is 0 Å². The zero-order valence-electron chi connectivity index (χ0n) is 14.3. The Bertz CT molecular complexity index is 500. The minimum Gasteiger partial charge on any atom is -0.481 e. The molecule has 3 unspecified atom stereocenters. The van der Waals surface area contributed by atoms with E-state index >= 15 is 0 Å². The van der Waals surface area contributed by atoms with Gasteiger partial charge in [-0.1, -0.05) is 67.7 Å². The van der Waals surface area contributed by atoms with Crippen molar-refractivity contribution in [1.29, 1.82) is 0 Å². The van der Waals surface area contributed by atoms with Crippen molar-refractivity contribution in [2.24, 2.45) is 0 Å². The number of hydrogen-bond acceptors (Lipinski definition) is 3. The van der Waals surface area contributed by atoms with Crippen LogP contribution in [0.5, 0.6) is 0 Å². The topological polar surface area (TPSA) is 70.1 Å². The van der Waals surface area contributed by atoms with E-state index in [4.69, 9.17) is 9.84 Å². The van der Waals surface area contributed by atoms with Gasteiger partial charge in [0, 0.05) is 6.42 Å². The van der Waals surface area contributed by atoms with Crippen LogP contribution in [0.1, 0.15) is 39.0 Å². The fourth-order valence-electron chi connectivity index (χ4n) is 2.04. The van der Waals surface area contributed by atoms with Crippen molar-refractivity contribution >= 4 is 5.97 Å². The molecule has 132 valence electrons. The summed E-state index contributed by atoms with van der Waals surface area (Å²) in [7, 11) is 0. The first-order valence-electron chi connectivity index (χ1n) is 8.52. The molecule has 24 heavy (non-hydrogen) atoms.